The Morgan fingerprint density at radius 1 is 1.12 bits per heavy atom. The zero-order valence-corrected chi connectivity index (χ0v) is 20.8. The monoisotopic (exact) mass is 489 g/mol. The Kier molecular flexibility index (Phi) is 8.40. The number of carbonyl (C=O) groups excluding carboxylic acids is 2. The van der Waals surface area contributed by atoms with E-state index in [1.807, 2.05) is 42.1 Å². The van der Waals surface area contributed by atoms with E-state index in [-0.39, 0.29) is 0 Å². The molecule has 2 amide bonds. The SMILES string of the molecule is COc1cc(C(=O)NC(CCSC)C(=O)N=c2sc3ccccc3n2C)cc(OC)c1OC. The molecule has 0 radical (unpaired) electrons. The highest BCUT2D eigenvalue weighted by Crippen LogP contribution is 2.38. The number of hydrogen-bond donors (Lipinski definition) is 1. The highest BCUT2D eigenvalue weighted by molar-refractivity contribution is 7.98. The van der Waals surface area contributed by atoms with Crippen LogP contribution in [0.1, 0.15) is 16.8 Å². The molecule has 2 aromatic carbocycles. The summed E-state index contributed by atoms with van der Waals surface area (Å²) in [5, 5.41) is 2.83. The van der Waals surface area contributed by atoms with Crippen molar-refractivity contribution in [3.63, 3.8) is 0 Å². The van der Waals surface area contributed by atoms with Gasteiger partial charge in [0.05, 0.1) is 31.5 Å². The first-order valence-electron chi connectivity index (χ1n) is 10.2. The van der Waals surface area contributed by atoms with Gasteiger partial charge in [-0.1, -0.05) is 23.5 Å². The standard InChI is InChI=1S/C23H27N3O5S2/c1-26-16-8-6-7-9-19(16)33-23(26)25-22(28)15(10-11-32-5)24-21(27)14-12-17(29-2)20(31-4)18(13-14)30-3/h6-9,12-13,15H,10-11H2,1-5H3,(H,24,27). The topological polar surface area (TPSA) is 91.2 Å². The molecule has 1 heterocycles. The molecule has 0 aliphatic heterocycles. The molecule has 10 heteroatoms. The predicted molar refractivity (Wildman–Crippen MR) is 132 cm³/mol. The molecule has 3 rings (SSSR count). The zero-order chi connectivity index (χ0) is 24.0. The molecular formula is C23H27N3O5S2. The molecular weight excluding hydrogens is 462 g/mol. The Balaban J connectivity index is 1.91. The maximum absolute atomic E-state index is 13.1. The van der Waals surface area contributed by atoms with Crippen molar-refractivity contribution in [1.82, 2.24) is 9.88 Å². The first-order chi connectivity index (χ1) is 15.9. The minimum Gasteiger partial charge on any atom is -0.493 e. The molecule has 0 spiro atoms. The van der Waals surface area contributed by atoms with E-state index in [1.165, 1.54) is 32.7 Å². The Morgan fingerprint density at radius 3 is 2.36 bits per heavy atom. The summed E-state index contributed by atoms with van der Waals surface area (Å²) in [6, 6.07) is 10.2. The van der Waals surface area contributed by atoms with Crippen LogP contribution in [0.3, 0.4) is 0 Å². The molecule has 0 saturated heterocycles. The summed E-state index contributed by atoms with van der Waals surface area (Å²) in [7, 11) is 6.32. The Labute approximate surface area is 200 Å². The number of nitrogens with zero attached hydrogens (tertiary/aromatic N) is 2. The van der Waals surface area contributed by atoms with E-state index in [0.29, 0.717) is 39.8 Å². The van der Waals surface area contributed by atoms with Crippen LogP contribution >= 0.6 is 23.1 Å². The van der Waals surface area contributed by atoms with E-state index in [0.717, 1.165) is 10.2 Å². The number of thiazole rings is 1. The lowest BCUT2D eigenvalue weighted by molar-refractivity contribution is -0.119. The van der Waals surface area contributed by atoms with Crippen LogP contribution in [0.5, 0.6) is 17.2 Å². The van der Waals surface area contributed by atoms with Gasteiger partial charge in [-0.15, -0.1) is 0 Å². The largest absolute Gasteiger partial charge is 0.493 e. The van der Waals surface area contributed by atoms with Crippen molar-refractivity contribution in [1.29, 1.82) is 0 Å². The van der Waals surface area contributed by atoms with Crippen molar-refractivity contribution in [2.75, 3.05) is 33.3 Å². The Hall–Kier alpha value is -2.98. The molecule has 33 heavy (non-hydrogen) atoms. The fourth-order valence-electron chi connectivity index (χ4n) is 3.31. The number of nitrogens with one attached hydrogen (secondary N) is 1. The Bertz CT molecular complexity index is 1190. The normalized spacial score (nSPS) is 12.5. The fourth-order valence-corrected chi connectivity index (χ4v) is 4.80. The number of methoxy groups -OCH3 is 3. The average Bonchev–Trinajstić information content (AvgIpc) is 3.15. The van der Waals surface area contributed by atoms with Crippen molar-refractivity contribution < 1.29 is 23.8 Å². The number of rotatable bonds is 9. The molecule has 1 aromatic heterocycles. The molecule has 0 aliphatic carbocycles. The number of amides is 2. The van der Waals surface area contributed by atoms with Gasteiger partial charge in [-0.25, -0.2) is 0 Å². The third-order valence-corrected chi connectivity index (χ3v) is 6.82. The van der Waals surface area contributed by atoms with E-state index >= 15 is 0 Å². The van der Waals surface area contributed by atoms with Crippen molar-refractivity contribution in [3.8, 4) is 17.2 Å². The van der Waals surface area contributed by atoms with Gasteiger partial charge in [-0.3, -0.25) is 9.59 Å². The van der Waals surface area contributed by atoms with Crippen LogP contribution in [0, 0.1) is 0 Å². The van der Waals surface area contributed by atoms with E-state index in [9.17, 15) is 9.59 Å². The molecule has 3 aromatic rings. The van der Waals surface area contributed by atoms with Crippen LogP contribution in [0.25, 0.3) is 10.2 Å². The molecule has 0 aliphatic rings. The summed E-state index contributed by atoms with van der Waals surface area (Å²) < 4.78 is 18.9. The van der Waals surface area contributed by atoms with Crippen LogP contribution in [0.4, 0.5) is 0 Å². The first-order valence-corrected chi connectivity index (χ1v) is 12.4. The second-order valence-corrected chi connectivity index (χ2v) is 9.08. The highest BCUT2D eigenvalue weighted by atomic mass is 32.2. The van der Waals surface area contributed by atoms with Crippen LogP contribution in [-0.4, -0.2) is 55.8 Å². The van der Waals surface area contributed by atoms with Crippen LogP contribution < -0.4 is 24.3 Å². The summed E-state index contributed by atoms with van der Waals surface area (Å²) in [5.41, 5.74) is 1.29. The van der Waals surface area contributed by atoms with Gasteiger partial charge in [0.1, 0.15) is 6.04 Å². The number of thioether (sulfide) groups is 1. The molecule has 1 N–H and O–H groups in total. The van der Waals surface area contributed by atoms with Gasteiger partial charge >= 0.3 is 0 Å². The van der Waals surface area contributed by atoms with E-state index in [1.54, 1.807) is 23.9 Å². The smallest absolute Gasteiger partial charge is 0.270 e. The van der Waals surface area contributed by atoms with Crippen molar-refractivity contribution in [3.05, 3.63) is 46.8 Å². The third-order valence-electron chi connectivity index (χ3n) is 5.06. The molecule has 0 saturated carbocycles. The number of aryl methyl sites for hydroxylation is 1. The van der Waals surface area contributed by atoms with Gasteiger partial charge in [0.2, 0.25) is 5.75 Å². The summed E-state index contributed by atoms with van der Waals surface area (Å²) in [6.07, 6.45) is 2.40. The van der Waals surface area contributed by atoms with Crippen LogP contribution in [0.2, 0.25) is 0 Å². The van der Waals surface area contributed by atoms with Gasteiger partial charge in [-0.05, 0) is 42.7 Å². The lowest BCUT2D eigenvalue weighted by atomic mass is 10.1. The number of fused-ring (bicyclic) bond motifs is 1. The maximum Gasteiger partial charge on any atom is 0.270 e. The van der Waals surface area contributed by atoms with Crippen molar-refractivity contribution in [2.45, 2.75) is 12.5 Å². The van der Waals surface area contributed by atoms with Gasteiger partial charge < -0.3 is 24.1 Å². The van der Waals surface area contributed by atoms with Crippen molar-refractivity contribution in [2.24, 2.45) is 12.0 Å². The van der Waals surface area contributed by atoms with E-state index in [4.69, 9.17) is 14.2 Å². The summed E-state index contributed by atoms with van der Waals surface area (Å²) in [6.45, 7) is 0. The summed E-state index contributed by atoms with van der Waals surface area (Å²) in [4.78, 5) is 31.1. The minimum absolute atomic E-state index is 0.291. The lowest BCUT2D eigenvalue weighted by Crippen LogP contribution is -2.41. The third kappa shape index (κ3) is 5.51. The molecule has 1 unspecified atom stereocenters. The molecule has 176 valence electrons. The lowest BCUT2D eigenvalue weighted by Gasteiger charge is -2.17. The summed E-state index contributed by atoms with van der Waals surface area (Å²) in [5.74, 6) is 0.974. The zero-order valence-electron chi connectivity index (χ0n) is 19.2. The van der Waals surface area contributed by atoms with Gasteiger partial charge in [0.25, 0.3) is 11.8 Å². The van der Waals surface area contributed by atoms with Crippen LogP contribution in [0.15, 0.2) is 41.4 Å². The quantitative estimate of drug-likeness (QED) is 0.496. The van der Waals surface area contributed by atoms with Crippen molar-refractivity contribution >= 4 is 45.1 Å². The second kappa shape index (κ2) is 11.2. The average molecular weight is 490 g/mol. The van der Waals surface area contributed by atoms with E-state index in [2.05, 4.69) is 10.3 Å². The van der Waals surface area contributed by atoms with Gasteiger partial charge in [-0.2, -0.15) is 16.8 Å². The predicted octanol–water partition coefficient (Wildman–Crippen LogP) is 3.24. The minimum atomic E-state index is -0.769. The second-order valence-electron chi connectivity index (χ2n) is 7.08. The van der Waals surface area contributed by atoms with Gasteiger partial charge in [0.15, 0.2) is 16.3 Å². The number of aromatic nitrogens is 1. The fraction of sp³-hybridized carbons (Fsp3) is 0.348. The highest BCUT2D eigenvalue weighted by Gasteiger charge is 2.23. The number of benzene rings is 2. The van der Waals surface area contributed by atoms with E-state index < -0.39 is 17.9 Å². The number of carbonyl (C=O) groups is 2. The molecule has 8 nitrogen and oxygen atoms in total. The number of ether oxygens (including phenoxy) is 3. The van der Waals surface area contributed by atoms with Gasteiger partial charge in [0, 0.05) is 12.6 Å². The molecule has 1 atom stereocenters. The number of hydrogen-bond acceptors (Lipinski definition) is 7. The molecule has 0 fully saturated rings. The molecule has 0 bridgehead atoms. The first kappa shape index (κ1) is 24.7. The van der Waals surface area contributed by atoms with Crippen LogP contribution in [-0.2, 0) is 11.8 Å². The maximum atomic E-state index is 13.1. The summed E-state index contributed by atoms with van der Waals surface area (Å²) >= 11 is 3.03. The Morgan fingerprint density at radius 2 is 1.79 bits per heavy atom. The number of para-hydroxylation sites is 1.